The highest BCUT2D eigenvalue weighted by Gasteiger charge is 2.09. The van der Waals surface area contributed by atoms with Gasteiger partial charge >= 0.3 is 0 Å². The first-order valence-corrected chi connectivity index (χ1v) is 7.07. The molecule has 0 radical (unpaired) electrons. The van der Waals surface area contributed by atoms with Crippen molar-refractivity contribution >= 4 is 11.6 Å². The van der Waals surface area contributed by atoms with Gasteiger partial charge in [0.15, 0.2) is 0 Å². The van der Waals surface area contributed by atoms with Gasteiger partial charge in [-0.25, -0.2) is 0 Å². The Labute approximate surface area is 129 Å². The third-order valence-electron chi connectivity index (χ3n) is 3.08. The summed E-state index contributed by atoms with van der Waals surface area (Å²) in [5, 5.41) is 12.0. The number of aromatic nitrogens is 1. The number of anilines is 1. The van der Waals surface area contributed by atoms with Crippen LogP contribution in [0.4, 0.5) is 5.69 Å². The second kappa shape index (κ2) is 7.51. The molecule has 0 unspecified atom stereocenters. The van der Waals surface area contributed by atoms with Gasteiger partial charge in [0.25, 0.3) is 5.91 Å². The second-order valence-electron chi connectivity index (χ2n) is 5.05. The van der Waals surface area contributed by atoms with Crippen molar-refractivity contribution < 1.29 is 14.6 Å². The largest absolute Gasteiger partial charge is 0.491 e. The van der Waals surface area contributed by atoms with E-state index in [9.17, 15) is 4.79 Å². The maximum absolute atomic E-state index is 11.8. The van der Waals surface area contributed by atoms with Crippen molar-refractivity contribution in [2.75, 3.05) is 32.6 Å². The number of amides is 1. The molecule has 0 aliphatic carbocycles. The van der Waals surface area contributed by atoms with Crippen LogP contribution in [0.15, 0.2) is 36.4 Å². The average Bonchev–Trinajstić information content (AvgIpc) is 3.00. The van der Waals surface area contributed by atoms with Gasteiger partial charge in [-0.15, -0.1) is 0 Å². The van der Waals surface area contributed by atoms with Crippen LogP contribution in [-0.2, 0) is 6.54 Å². The van der Waals surface area contributed by atoms with Crippen molar-refractivity contribution in [1.29, 1.82) is 0 Å². The van der Waals surface area contributed by atoms with Crippen LogP contribution in [0.3, 0.4) is 0 Å². The normalized spacial score (nSPS) is 10.3. The molecule has 118 valence electrons. The third kappa shape index (κ3) is 4.26. The average molecular weight is 303 g/mol. The molecule has 1 amide bonds. The van der Waals surface area contributed by atoms with Crippen molar-refractivity contribution in [3.8, 4) is 5.75 Å². The Kier molecular flexibility index (Phi) is 5.43. The van der Waals surface area contributed by atoms with E-state index >= 15 is 0 Å². The molecule has 2 aromatic rings. The number of aliphatic hydroxyl groups excluding tert-OH is 1. The lowest BCUT2D eigenvalue weighted by atomic mass is 10.3. The smallest absolute Gasteiger partial charge is 0.269 e. The second-order valence-corrected chi connectivity index (χ2v) is 5.05. The van der Waals surface area contributed by atoms with Crippen LogP contribution in [0.25, 0.3) is 0 Å². The van der Waals surface area contributed by atoms with Crippen molar-refractivity contribution in [1.82, 2.24) is 9.88 Å². The zero-order chi connectivity index (χ0) is 15.9. The van der Waals surface area contributed by atoms with Gasteiger partial charge in [-0.05, 0) is 36.4 Å². The molecular weight excluding hydrogens is 282 g/mol. The fourth-order valence-electron chi connectivity index (χ4n) is 1.94. The zero-order valence-electron chi connectivity index (χ0n) is 12.8. The van der Waals surface area contributed by atoms with Crippen LogP contribution >= 0.6 is 0 Å². The summed E-state index contributed by atoms with van der Waals surface area (Å²) >= 11 is 0. The van der Waals surface area contributed by atoms with E-state index in [2.05, 4.69) is 10.3 Å². The molecule has 1 aromatic heterocycles. The lowest BCUT2D eigenvalue weighted by molar-refractivity contribution is 0.0822. The van der Waals surface area contributed by atoms with Crippen LogP contribution in [0.5, 0.6) is 5.75 Å². The van der Waals surface area contributed by atoms with Gasteiger partial charge in [0.05, 0.1) is 13.2 Å². The van der Waals surface area contributed by atoms with Crippen molar-refractivity contribution in [2.45, 2.75) is 6.54 Å². The van der Waals surface area contributed by atoms with E-state index < -0.39 is 0 Å². The summed E-state index contributed by atoms with van der Waals surface area (Å²) in [4.78, 5) is 16.4. The van der Waals surface area contributed by atoms with E-state index in [1.54, 1.807) is 20.2 Å². The first-order valence-electron chi connectivity index (χ1n) is 7.07. The van der Waals surface area contributed by atoms with E-state index in [1.165, 1.54) is 4.90 Å². The molecule has 0 aliphatic rings. The van der Waals surface area contributed by atoms with E-state index in [4.69, 9.17) is 9.84 Å². The fraction of sp³-hybridized carbons (Fsp3) is 0.312. The topological polar surface area (TPSA) is 77.6 Å². The highest BCUT2D eigenvalue weighted by atomic mass is 16.5. The molecular formula is C16H21N3O3. The van der Waals surface area contributed by atoms with Crippen LogP contribution in [0, 0.1) is 0 Å². The van der Waals surface area contributed by atoms with Gasteiger partial charge in [0, 0.05) is 25.5 Å². The van der Waals surface area contributed by atoms with E-state index in [0.29, 0.717) is 12.2 Å². The number of ether oxygens (including phenoxy) is 1. The number of hydrogen-bond donors (Lipinski definition) is 3. The molecule has 0 atom stereocenters. The van der Waals surface area contributed by atoms with Gasteiger partial charge in [0.1, 0.15) is 18.1 Å². The minimum atomic E-state index is -0.0448. The number of nitrogens with one attached hydrogen (secondary N) is 2. The highest BCUT2D eigenvalue weighted by molar-refractivity contribution is 5.92. The molecule has 6 heteroatoms. The molecule has 22 heavy (non-hydrogen) atoms. The fourth-order valence-corrected chi connectivity index (χ4v) is 1.94. The number of H-pyrrole nitrogens is 1. The molecule has 0 fully saturated rings. The van der Waals surface area contributed by atoms with Gasteiger partial charge in [0.2, 0.25) is 0 Å². The molecule has 1 aromatic carbocycles. The van der Waals surface area contributed by atoms with Crippen LogP contribution in [0.2, 0.25) is 0 Å². The SMILES string of the molecule is CN(C)C(=O)c1ccc(CNc2ccc(OCCO)cc2)[nH]1. The van der Waals surface area contributed by atoms with E-state index in [-0.39, 0.29) is 19.1 Å². The molecule has 2 rings (SSSR count). The molecule has 0 spiro atoms. The summed E-state index contributed by atoms with van der Waals surface area (Å²) in [5.41, 5.74) is 2.46. The monoisotopic (exact) mass is 303 g/mol. The predicted molar refractivity (Wildman–Crippen MR) is 85.2 cm³/mol. The summed E-state index contributed by atoms with van der Waals surface area (Å²) in [6, 6.07) is 11.2. The Morgan fingerprint density at radius 1 is 1.23 bits per heavy atom. The molecule has 0 saturated heterocycles. The van der Waals surface area contributed by atoms with Crippen molar-refractivity contribution in [2.24, 2.45) is 0 Å². The number of benzene rings is 1. The minimum Gasteiger partial charge on any atom is -0.491 e. The van der Waals surface area contributed by atoms with Gasteiger partial charge < -0.3 is 25.0 Å². The predicted octanol–water partition coefficient (Wildman–Crippen LogP) is 1.70. The van der Waals surface area contributed by atoms with Crippen molar-refractivity contribution in [3.63, 3.8) is 0 Å². The van der Waals surface area contributed by atoms with E-state index in [1.807, 2.05) is 30.3 Å². The van der Waals surface area contributed by atoms with Crippen LogP contribution < -0.4 is 10.1 Å². The maximum atomic E-state index is 11.8. The summed E-state index contributed by atoms with van der Waals surface area (Å²) in [6.07, 6.45) is 0. The standard InChI is InChI=1S/C16H21N3O3/c1-19(2)16(21)15-8-5-13(18-15)11-17-12-3-6-14(7-4-12)22-10-9-20/h3-8,17-18,20H,9-11H2,1-2H3. The first kappa shape index (κ1) is 15.9. The van der Waals surface area contributed by atoms with Crippen molar-refractivity contribution in [3.05, 3.63) is 47.8 Å². The number of aromatic amines is 1. The zero-order valence-corrected chi connectivity index (χ0v) is 12.8. The molecule has 3 N–H and O–H groups in total. The maximum Gasteiger partial charge on any atom is 0.269 e. The number of hydrogen-bond acceptors (Lipinski definition) is 4. The number of rotatable bonds is 7. The Balaban J connectivity index is 1.89. The Bertz CT molecular complexity index is 605. The van der Waals surface area contributed by atoms with E-state index in [0.717, 1.165) is 17.1 Å². The van der Waals surface area contributed by atoms with Crippen LogP contribution in [0.1, 0.15) is 16.2 Å². The van der Waals surface area contributed by atoms with Crippen LogP contribution in [-0.4, -0.2) is 48.2 Å². The summed E-state index contributed by atoms with van der Waals surface area (Å²) < 4.78 is 5.30. The molecule has 6 nitrogen and oxygen atoms in total. The lowest BCUT2D eigenvalue weighted by Crippen LogP contribution is -2.22. The Morgan fingerprint density at radius 3 is 2.59 bits per heavy atom. The van der Waals surface area contributed by atoms with Gasteiger partial charge in [-0.3, -0.25) is 4.79 Å². The van der Waals surface area contributed by atoms with Gasteiger partial charge in [-0.2, -0.15) is 0 Å². The molecule has 1 heterocycles. The molecule has 0 bridgehead atoms. The lowest BCUT2D eigenvalue weighted by Gasteiger charge is -2.09. The highest BCUT2D eigenvalue weighted by Crippen LogP contribution is 2.16. The molecule has 0 aliphatic heterocycles. The Morgan fingerprint density at radius 2 is 1.95 bits per heavy atom. The number of carbonyl (C=O) groups is 1. The quantitative estimate of drug-likeness (QED) is 0.727. The van der Waals surface area contributed by atoms with Gasteiger partial charge in [-0.1, -0.05) is 0 Å². The number of nitrogens with zero attached hydrogens (tertiary/aromatic N) is 1. The minimum absolute atomic E-state index is 0.000821. The summed E-state index contributed by atoms with van der Waals surface area (Å²) in [6.45, 7) is 0.885. The Hall–Kier alpha value is -2.47. The third-order valence-corrected chi connectivity index (χ3v) is 3.08. The summed E-state index contributed by atoms with van der Waals surface area (Å²) in [7, 11) is 3.45. The summed E-state index contributed by atoms with van der Waals surface area (Å²) in [5.74, 6) is 0.676. The number of aliphatic hydroxyl groups is 1. The number of carbonyl (C=O) groups excluding carboxylic acids is 1. The molecule has 0 saturated carbocycles. The first-order chi connectivity index (χ1) is 10.6.